The van der Waals surface area contributed by atoms with Crippen molar-refractivity contribution >= 4 is 5.82 Å². The fraction of sp³-hybridized carbons (Fsp3) is 0.350. The molecule has 1 aliphatic heterocycles. The normalized spacial score (nSPS) is 20.6. The van der Waals surface area contributed by atoms with Crippen LogP contribution in [0.1, 0.15) is 37.3 Å². The standard InChI is InChI=1S/C20H22N4O/c1-14-7-9-24(17(11-14)18-6-4-10-25-18)19-12-15(2)22-20(23-19)16-5-3-8-21-13-16/h3-6,8,10,12-14,17H,7,9,11H2,1-2H3. The Labute approximate surface area is 147 Å². The number of pyridine rings is 1. The Morgan fingerprint density at radius 1 is 1.20 bits per heavy atom. The molecule has 128 valence electrons. The monoisotopic (exact) mass is 334 g/mol. The van der Waals surface area contributed by atoms with Crippen LogP contribution in [0, 0.1) is 12.8 Å². The molecule has 0 spiro atoms. The third-order valence-electron chi connectivity index (χ3n) is 4.79. The van der Waals surface area contributed by atoms with Gasteiger partial charge in [-0.1, -0.05) is 6.92 Å². The van der Waals surface area contributed by atoms with Crippen molar-refractivity contribution in [2.45, 2.75) is 32.7 Å². The largest absolute Gasteiger partial charge is 0.467 e. The first-order valence-electron chi connectivity index (χ1n) is 8.77. The van der Waals surface area contributed by atoms with Crippen LogP contribution >= 0.6 is 0 Å². The highest BCUT2D eigenvalue weighted by Gasteiger charge is 2.30. The second kappa shape index (κ2) is 6.67. The smallest absolute Gasteiger partial charge is 0.163 e. The molecule has 0 N–H and O–H groups in total. The summed E-state index contributed by atoms with van der Waals surface area (Å²) in [7, 11) is 0. The van der Waals surface area contributed by atoms with Crippen LogP contribution in [0.5, 0.6) is 0 Å². The van der Waals surface area contributed by atoms with Crippen molar-refractivity contribution in [3.05, 3.63) is 60.4 Å². The second-order valence-corrected chi connectivity index (χ2v) is 6.79. The van der Waals surface area contributed by atoms with Gasteiger partial charge < -0.3 is 9.32 Å². The van der Waals surface area contributed by atoms with E-state index in [-0.39, 0.29) is 6.04 Å². The van der Waals surface area contributed by atoms with Crippen LogP contribution in [0.15, 0.2) is 53.4 Å². The fourth-order valence-corrected chi connectivity index (χ4v) is 3.49. The van der Waals surface area contributed by atoms with E-state index >= 15 is 0 Å². The van der Waals surface area contributed by atoms with Gasteiger partial charge in [0.05, 0.1) is 12.3 Å². The maximum atomic E-state index is 5.72. The summed E-state index contributed by atoms with van der Waals surface area (Å²) in [5.41, 5.74) is 1.90. The number of anilines is 1. The number of hydrogen-bond donors (Lipinski definition) is 0. The van der Waals surface area contributed by atoms with E-state index in [1.54, 1.807) is 18.7 Å². The molecule has 4 heterocycles. The Morgan fingerprint density at radius 3 is 2.88 bits per heavy atom. The Bertz CT molecular complexity index is 832. The second-order valence-electron chi connectivity index (χ2n) is 6.79. The summed E-state index contributed by atoms with van der Waals surface area (Å²) in [4.78, 5) is 16.0. The first-order chi connectivity index (χ1) is 12.2. The number of furan rings is 1. The summed E-state index contributed by atoms with van der Waals surface area (Å²) < 4.78 is 5.72. The van der Waals surface area contributed by atoms with Gasteiger partial charge in [-0.25, -0.2) is 9.97 Å². The van der Waals surface area contributed by atoms with E-state index in [1.165, 1.54) is 0 Å². The van der Waals surface area contributed by atoms with E-state index in [4.69, 9.17) is 9.40 Å². The molecule has 0 amide bonds. The molecule has 1 aliphatic rings. The van der Waals surface area contributed by atoms with Crippen molar-refractivity contribution in [1.82, 2.24) is 15.0 Å². The van der Waals surface area contributed by atoms with Crippen LogP contribution in [-0.2, 0) is 0 Å². The quantitative estimate of drug-likeness (QED) is 0.710. The molecule has 1 fully saturated rings. The van der Waals surface area contributed by atoms with Gasteiger partial charge in [-0.3, -0.25) is 4.98 Å². The molecule has 3 aromatic rings. The van der Waals surface area contributed by atoms with Gasteiger partial charge in [-0.15, -0.1) is 0 Å². The van der Waals surface area contributed by atoms with Crippen molar-refractivity contribution < 1.29 is 4.42 Å². The Hall–Kier alpha value is -2.69. The third-order valence-corrected chi connectivity index (χ3v) is 4.79. The predicted octanol–water partition coefficient (Wildman–Crippen LogP) is 4.42. The summed E-state index contributed by atoms with van der Waals surface area (Å²) in [6.45, 7) is 5.29. The highest BCUT2D eigenvalue weighted by atomic mass is 16.3. The molecule has 2 atom stereocenters. The maximum absolute atomic E-state index is 5.72. The lowest BCUT2D eigenvalue weighted by Crippen LogP contribution is -2.36. The van der Waals surface area contributed by atoms with E-state index in [0.29, 0.717) is 5.92 Å². The third kappa shape index (κ3) is 3.27. The van der Waals surface area contributed by atoms with Gasteiger partial charge in [-0.2, -0.15) is 0 Å². The number of aryl methyl sites for hydroxylation is 1. The summed E-state index contributed by atoms with van der Waals surface area (Å²) in [6.07, 6.45) is 7.54. The van der Waals surface area contributed by atoms with Crippen LogP contribution in [0.2, 0.25) is 0 Å². The van der Waals surface area contributed by atoms with E-state index in [9.17, 15) is 0 Å². The minimum atomic E-state index is 0.217. The van der Waals surface area contributed by atoms with Gasteiger partial charge >= 0.3 is 0 Å². The highest BCUT2D eigenvalue weighted by molar-refractivity contribution is 5.57. The van der Waals surface area contributed by atoms with Crippen LogP contribution in [0.25, 0.3) is 11.4 Å². The number of hydrogen-bond acceptors (Lipinski definition) is 5. The lowest BCUT2D eigenvalue weighted by molar-refractivity contribution is 0.327. The molecule has 4 rings (SSSR count). The van der Waals surface area contributed by atoms with Gasteiger partial charge in [0.25, 0.3) is 0 Å². The molecule has 25 heavy (non-hydrogen) atoms. The zero-order valence-corrected chi connectivity index (χ0v) is 14.6. The van der Waals surface area contributed by atoms with Crippen LogP contribution in [0.4, 0.5) is 5.82 Å². The predicted molar refractivity (Wildman–Crippen MR) is 97.2 cm³/mol. The molecule has 0 radical (unpaired) electrons. The van der Waals surface area contributed by atoms with Crippen molar-refractivity contribution in [3.8, 4) is 11.4 Å². The van der Waals surface area contributed by atoms with Crippen LogP contribution in [0.3, 0.4) is 0 Å². The van der Waals surface area contributed by atoms with Crippen molar-refractivity contribution in [3.63, 3.8) is 0 Å². The number of piperidine rings is 1. The summed E-state index contributed by atoms with van der Waals surface area (Å²) in [5.74, 6) is 3.36. The Morgan fingerprint density at radius 2 is 2.12 bits per heavy atom. The topological polar surface area (TPSA) is 55.1 Å². The molecule has 0 aliphatic carbocycles. The van der Waals surface area contributed by atoms with Crippen LogP contribution in [-0.4, -0.2) is 21.5 Å². The van der Waals surface area contributed by atoms with Gasteiger partial charge in [0, 0.05) is 36.3 Å². The van der Waals surface area contributed by atoms with Gasteiger partial charge in [0.2, 0.25) is 0 Å². The molecule has 3 aromatic heterocycles. The summed E-state index contributed by atoms with van der Waals surface area (Å²) in [6, 6.07) is 10.2. The van der Waals surface area contributed by atoms with Gasteiger partial charge in [-0.05, 0) is 49.9 Å². The van der Waals surface area contributed by atoms with Crippen molar-refractivity contribution in [2.75, 3.05) is 11.4 Å². The molecule has 0 bridgehead atoms. The molecule has 5 nitrogen and oxygen atoms in total. The number of rotatable bonds is 3. The molecule has 1 saturated heterocycles. The lowest BCUT2D eigenvalue weighted by Gasteiger charge is -2.38. The maximum Gasteiger partial charge on any atom is 0.163 e. The molecule has 2 unspecified atom stereocenters. The van der Waals surface area contributed by atoms with Crippen molar-refractivity contribution in [2.24, 2.45) is 5.92 Å². The summed E-state index contributed by atoms with van der Waals surface area (Å²) in [5, 5.41) is 0. The first kappa shape index (κ1) is 15.8. The molecule has 0 aromatic carbocycles. The van der Waals surface area contributed by atoms with E-state index < -0.39 is 0 Å². The minimum Gasteiger partial charge on any atom is -0.467 e. The molecule has 0 saturated carbocycles. The van der Waals surface area contributed by atoms with Gasteiger partial charge in [0.1, 0.15) is 11.6 Å². The Kier molecular flexibility index (Phi) is 4.22. The van der Waals surface area contributed by atoms with E-state index in [1.807, 2.05) is 25.1 Å². The highest BCUT2D eigenvalue weighted by Crippen LogP contribution is 2.37. The average Bonchev–Trinajstić information content (AvgIpc) is 3.16. The number of aromatic nitrogens is 3. The van der Waals surface area contributed by atoms with Crippen molar-refractivity contribution in [1.29, 1.82) is 0 Å². The van der Waals surface area contributed by atoms with Gasteiger partial charge in [0.15, 0.2) is 5.82 Å². The van der Waals surface area contributed by atoms with E-state index in [2.05, 4.69) is 33.9 Å². The summed E-state index contributed by atoms with van der Waals surface area (Å²) >= 11 is 0. The fourth-order valence-electron chi connectivity index (χ4n) is 3.49. The Balaban J connectivity index is 1.73. The van der Waals surface area contributed by atoms with Crippen LogP contribution < -0.4 is 4.90 Å². The molecular weight excluding hydrogens is 312 g/mol. The number of nitrogens with zero attached hydrogens (tertiary/aromatic N) is 4. The first-order valence-corrected chi connectivity index (χ1v) is 8.77. The average molecular weight is 334 g/mol. The van der Waals surface area contributed by atoms with E-state index in [0.717, 1.165) is 48.0 Å². The zero-order valence-electron chi connectivity index (χ0n) is 14.6. The molecule has 5 heteroatoms. The minimum absolute atomic E-state index is 0.217. The lowest BCUT2D eigenvalue weighted by atomic mass is 9.91. The molecular formula is C20H22N4O. The SMILES string of the molecule is Cc1cc(N2CCC(C)CC2c2ccco2)nc(-c2cccnc2)n1. The zero-order chi connectivity index (χ0) is 17.2.